The molecular weight excluding hydrogens is 288 g/mol. The summed E-state index contributed by atoms with van der Waals surface area (Å²) in [6.45, 7) is 3.04. The number of hydrogen-bond donors (Lipinski definition) is 1. The molecule has 0 saturated carbocycles. The molecule has 23 heavy (non-hydrogen) atoms. The Morgan fingerprint density at radius 1 is 1.09 bits per heavy atom. The van der Waals surface area contributed by atoms with Gasteiger partial charge in [0.15, 0.2) is 5.60 Å². The molecular formula is C19H22N2O2. The molecule has 0 unspecified atom stereocenters. The summed E-state index contributed by atoms with van der Waals surface area (Å²) in [6.07, 6.45) is 0. The van der Waals surface area contributed by atoms with E-state index in [0.29, 0.717) is 13.2 Å². The molecule has 0 aromatic heterocycles. The Labute approximate surface area is 137 Å². The molecule has 1 saturated heterocycles. The van der Waals surface area contributed by atoms with Gasteiger partial charge in [-0.1, -0.05) is 48.5 Å². The van der Waals surface area contributed by atoms with Crippen LogP contribution in [0.4, 0.5) is 5.69 Å². The Morgan fingerprint density at radius 2 is 1.70 bits per heavy atom. The number of benzene rings is 2. The van der Waals surface area contributed by atoms with Crippen LogP contribution in [0.5, 0.6) is 0 Å². The standard InChI is InChI=1S/C19H22N2O2/c1-19(18(22)21(2)13-14-23-19)17(15-9-5-3-6-10-15)20-16-11-7-4-8-12-16/h3-12,17,20H,13-14H2,1-2H3/t17-,19+/m1/s1. The summed E-state index contributed by atoms with van der Waals surface area (Å²) in [7, 11) is 1.83. The van der Waals surface area contributed by atoms with E-state index in [4.69, 9.17) is 4.74 Å². The molecule has 1 aliphatic heterocycles. The molecule has 120 valence electrons. The molecule has 4 nitrogen and oxygen atoms in total. The van der Waals surface area contributed by atoms with Gasteiger partial charge in [-0.15, -0.1) is 0 Å². The summed E-state index contributed by atoms with van der Waals surface area (Å²) < 4.78 is 5.98. The first-order valence-electron chi connectivity index (χ1n) is 7.87. The highest BCUT2D eigenvalue weighted by Crippen LogP contribution is 2.35. The zero-order chi connectivity index (χ0) is 16.3. The van der Waals surface area contributed by atoms with Crippen LogP contribution in [0, 0.1) is 0 Å². The topological polar surface area (TPSA) is 41.6 Å². The molecule has 1 amide bonds. The molecule has 0 aliphatic carbocycles. The average molecular weight is 310 g/mol. The van der Waals surface area contributed by atoms with Gasteiger partial charge in [0.05, 0.1) is 12.6 Å². The number of rotatable bonds is 4. The normalized spacial score (nSPS) is 22.7. The summed E-state index contributed by atoms with van der Waals surface area (Å²) in [5.41, 5.74) is 1.05. The van der Waals surface area contributed by atoms with Gasteiger partial charge < -0.3 is 15.0 Å². The number of carbonyl (C=O) groups is 1. The first-order chi connectivity index (χ1) is 11.1. The molecule has 0 radical (unpaired) electrons. The van der Waals surface area contributed by atoms with E-state index in [1.807, 2.05) is 74.6 Å². The van der Waals surface area contributed by atoms with Crippen molar-refractivity contribution >= 4 is 11.6 Å². The van der Waals surface area contributed by atoms with Crippen LogP contribution >= 0.6 is 0 Å². The third-order valence-electron chi connectivity index (χ3n) is 4.37. The minimum atomic E-state index is -0.940. The van der Waals surface area contributed by atoms with Crippen molar-refractivity contribution in [2.45, 2.75) is 18.6 Å². The Morgan fingerprint density at radius 3 is 2.35 bits per heavy atom. The zero-order valence-corrected chi connectivity index (χ0v) is 13.5. The first-order valence-corrected chi connectivity index (χ1v) is 7.87. The van der Waals surface area contributed by atoms with E-state index in [-0.39, 0.29) is 11.9 Å². The van der Waals surface area contributed by atoms with Gasteiger partial charge in [0.2, 0.25) is 0 Å². The van der Waals surface area contributed by atoms with Crippen LogP contribution in [-0.4, -0.2) is 36.6 Å². The second kappa shape index (κ2) is 6.42. The molecule has 0 bridgehead atoms. The number of likely N-dealkylation sites (N-methyl/N-ethyl adjacent to an activating group) is 1. The van der Waals surface area contributed by atoms with E-state index in [1.165, 1.54) is 0 Å². The summed E-state index contributed by atoms with van der Waals surface area (Å²) >= 11 is 0. The van der Waals surface area contributed by atoms with Crippen molar-refractivity contribution in [3.05, 3.63) is 66.2 Å². The summed E-state index contributed by atoms with van der Waals surface area (Å²) in [6, 6.07) is 19.6. The highest BCUT2D eigenvalue weighted by Gasteiger charge is 2.47. The lowest BCUT2D eigenvalue weighted by Gasteiger charge is -2.43. The van der Waals surface area contributed by atoms with Crippen molar-refractivity contribution in [1.29, 1.82) is 0 Å². The lowest BCUT2D eigenvalue weighted by molar-refractivity contribution is -0.169. The largest absolute Gasteiger partial charge is 0.375 e. The van der Waals surface area contributed by atoms with Gasteiger partial charge in [-0.3, -0.25) is 4.79 Å². The monoisotopic (exact) mass is 310 g/mol. The molecule has 2 aromatic rings. The summed E-state index contributed by atoms with van der Waals surface area (Å²) in [5, 5.41) is 3.48. The zero-order valence-electron chi connectivity index (χ0n) is 13.5. The number of amides is 1. The van der Waals surface area contributed by atoms with Gasteiger partial charge in [0.1, 0.15) is 0 Å². The van der Waals surface area contributed by atoms with E-state index in [2.05, 4.69) is 5.32 Å². The number of morpholine rings is 1. The highest BCUT2D eigenvalue weighted by molar-refractivity contribution is 5.87. The third-order valence-corrected chi connectivity index (χ3v) is 4.37. The Hall–Kier alpha value is -2.33. The van der Waals surface area contributed by atoms with Crippen LogP contribution in [0.2, 0.25) is 0 Å². The number of anilines is 1. The number of hydrogen-bond acceptors (Lipinski definition) is 3. The third kappa shape index (κ3) is 3.08. The minimum Gasteiger partial charge on any atom is -0.375 e. The SMILES string of the molecule is CN1CCO[C@@](C)([C@H](Nc2ccccc2)c2ccccc2)C1=O. The Kier molecular flexibility index (Phi) is 4.35. The second-order valence-electron chi connectivity index (χ2n) is 6.04. The van der Waals surface area contributed by atoms with E-state index >= 15 is 0 Å². The lowest BCUT2D eigenvalue weighted by atomic mass is 9.87. The molecule has 4 heteroatoms. The first kappa shape index (κ1) is 15.6. The number of ether oxygens (including phenoxy) is 1. The fraction of sp³-hybridized carbons (Fsp3) is 0.316. The number of nitrogens with zero attached hydrogens (tertiary/aromatic N) is 1. The smallest absolute Gasteiger partial charge is 0.256 e. The quantitative estimate of drug-likeness (QED) is 0.943. The number of para-hydroxylation sites is 1. The van der Waals surface area contributed by atoms with Gasteiger partial charge in [0, 0.05) is 19.3 Å². The summed E-state index contributed by atoms with van der Waals surface area (Å²) in [5.74, 6) is 0.000958. The van der Waals surface area contributed by atoms with E-state index in [0.717, 1.165) is 11.3 Å². The van der Waals surface area contributed by atoms with Crippen LogP contribution in [0.15, 0.2) is 60.7 Å². The molecule has 0 spiro atoms. The highest BCUT2D eigenvalue weighted by atomic mass is 16.5. The molecule has 1 heterocycles. The van der Waals surface area contributed by atoms with E-state index in [9.17, 15) is 4.79 Å². The summed E-state index contributed by atoms with van der Waals surface area (Å²) in [4.78, 5) is 14.6. The molecule has 2 aromatic carbocycles. The van der Waals surface area contributed by atoms with Crippen molar-refractivity contribution < 1.29 is 9.53 Å². The van der Waals surface area contributed by atoms with Crippen LogP contribution in [-0.2, 0) is 9.53 Å². The van der Waals surface area contributed by atoms with Crippen LogP contribution in [0.25, 0.3) is 0 Å². The fourth-order valence-electron chi connectivity index (χ4n) is 3.03. The fourth-order valence-corrected chi connectivity index (χ4v) is 3.03. The molecule has 1 N–H and O–H groups in total. The van der Waals surface area contributed by atoms with Crippen LogP contribution in [0.3, 0.4) is 0 Å². The van der Waals surface area contributed by atoms with Crippen molar-refractivity contribution in [2.75, 3.05) is 25.5 Å². The molecule has 1 aliphatic rings. The van der Waals surface area contributed by atoms with Crippen molar-refractivity contribution in [3.63, 3.8) is 0 Å². The molecule has 3 rings (SSSR count). The van der Waals surface area contributed by atoms with Gasteiger partial charge in [-0.2, -0.15) is 0 Å². The lowest BCUT2D eigenvalue weighted by Crippen LogP contribution is -2.58. The minimum absolute atomic E-state index is 0.000958. The van der Waals surface area contributed by atoms with Gasteiger partial charge in [-0.25, -0.2) is 0 Å². The predicted molar refractivity (Wildman–Crippen MR) is 91.2 cm³/mol. The Bertz CT molecular complexity index is 660. The van der Waals surface area contributed by atoms with Crippen molar-refractivity contribution in [3.8, 4) is 0 Å². The van der Waals surface area contributed by atoms with Gasteiger partial charge in [-0.05, 0) is 24.6 Å². The van der Waals surface area contributed by atoms with E-state index < -0.39 is 5.60 Å². The predicted octanol–water partition coefficient (Wildman–Crippen LogP) is 3.09. The molecule has 1 fully saturated rings. The Balaban J connectivity index is 1.99. The second-order valence-corrected chi connectivity index (χ2v) is 6.04. The van der Waals surface area contributed by atoms with Gasteiger partial charge in [0.25, 0.3) is 5.91 Å². The average Bonchev–Trinajstić information content (AvgIpc) is 2.59. The van der Waals surface area contributed by atoms with Crippen molar-refractivity contribution in [2.24, 2.45) is 0 Å². The molecule has 2 atom stereocenters. The maximum absolute atomic E-state index is 12.8. The van der Waals surface area contributed by atoms with Crippen LogP contribution < -0.4 is 5.32 Å². The van der Waals surface area contributed by atoms with Crippen molar-refractivity contribution in [1.82, 2.24) is 4.90 Å². The number of carbonyl (C=O) groups excluding carboxylic acids is 1. The van der Waals surface area contributed by atoms with Crippen LogP contribution in [0.1, 0.15) is 18.5 Å². The maximum atomic E-state index is 12.8. The number of nitrogens with one attached hydrogen (secondary N) is 1. The maximum Gasteiger partial charge on any atom is 0.256 e. The van der Waals surface area contributed by atoms with E-state index in [1.54, 1.807) is 4.90 Å². The van der Waals surface area contributed by atoms with Gasteiger partial charge >= 0.3 is 0 Å².